The Labute approximate surface area is 100 Å². The van der Waals surface area contributed by atoms with Crippen molar-refractivity contribution in [2.75, 3.05) is 32.8 Å². The third-order valence-corrected chi connectivity index (χ3v) is 3.40. The second-order valence-electron chi connectivity index (χ2n) is 4.53. The Morgan fingerprint density at radius 1 is 1.47 bits per heavy atom. The Morgan fingerprint density at radius 3 is 2.71 bits per heavy atom. The Balaban J connectivity index is 2.25. The van der Waals surface area contributed by atoms with Gasteiger partial charge in [0.1, 0.15) is 5.82 Å². The zero-order chi connectivity index (χ0) is 12.3. The van der Waals surface area contributed by atoms with E-state index in [-0.39, 0.29) is 12.4 Å². The van der Waals surface area contributed by atoms with Gasteiger partial charge in [-0.2, -0.15) is 0 Å². The molecule has 2 N–H and O–H groups in total. The molecule has 4 nitrogen and oxygen atoms in total. The van der Waals surface area contributed by atoms with Gasteiger partial charge in [-0.15, -0.1) is 0 Å². The van der Waals surface area contributed by atoms with Crippen LogP contribution in [-0.2, 0) is 5.54 Å². The smallest absolute Gasteiger partial charge is 0.141 e. The molecule has 0 radical (unpaired) electrons. The van der Waals surface area contributed by atoms with Crippen molar-refractivity contribution in [2.24, 2.45) is 0 Å². The van der Waals surface area contributed by atoms with Crippen LogP contribution in [0.3, 0.4) is 0 Å². The van der Waals surface area contributed by atoms with Gasteiger partial charge in [0, 0.05) is 26.2 Å². The zero-order valence-corrected chi connectivity index (χ0v) is 9.99. The summed E-state index contributed by atoms with van der Waals surface area (Å²) in [5.41, 5.74) is 0.179. The molecule has 0 aromatic carbocycles. The quantitative estimate of drug-likeness (QED) is 0.798. The van der Waals surface area contributed by atoms with Gasteiger partial charge in [0.05, 0.1) is 24.0 Å². The third kappa shape index (κ3) is 2.46. The molecule has 1 aliphatic heterocycles. The number of aliphatic hydroxyl groups excluding tert-OH is 1. The lowest BCUT2D eigenvalue weighted by molar-refractivity contribution is 0.0279. The van der Waals surface area contributed by atoms with Gasteiger partial charge in [-0.3, -0.25) is 9.88 Å². The van der Waals surface area contributed by atoms with E-state index < -0.39 is 5.54 Å². The number of pyridine rings is 1. The fourth-order valence-electron chi connectivity index (χ4n) is 2.20. The number of aliphatic hydroxyl groups is 1. The average molecular weight is 239 g/mol. The Morgan fingerprint density at radius 2 is 2.18 bits per heavy atom. The number of nitrogens with one attached hydrogen (secondary N) is 1. The first-order chi connectivity index (χ1) is 8.16. The van der Waals surface area contributed by atoms with Crippen LogP contribution in [-0.4, -0.2) is 47.8 Å². The molecule has 1 saturated heterocycles. The van der Waals surface area contributed by atoms with Crippen molar-refractivity contribution in [1.29, 1.82) is 0 Å². The average Bonchev–Trinajstić information content (AvgIpc) is 2.40. The number of halogens is 1. The summed E-state index contributed by atoms with van der Waals surface area (Å²) in [4.78, 5) is 6.28. The van der Waals surface area contributed by atoms with E-state index in [1.165, 1.54) is 12.3 Å². The van der Waals surface area contributed by atoms with Gasteiger partial charge in [-0.25, -0.2) is 4.39 Å². The van der Waals surface area contributed by atoms with Crippen LogP contribution in [0.5, 0.6) is 0 Å². The molecule has 1 fully saturated rings. The molecule has 0 aliphatic carbocycles. The fraction of sp³-hybridized carbons (Fsp3) is 0.583. The lowest BCUT2D eigenvalue weighted by Crippen LogP contribution is -2.55. The Bertz CT molecular complexity index is 365. The predicted molar refractivity (Wildman–Crippen MR) is 63.1 cm³/mol. The molecule has 1 unspecified atom stereocenters. The van der Waals surface area contributed by atoms with Crippen LogP contribution in [0.4, 0.5) is 4.39 Å². The van der Waals surface area contributed by atoms with Gasteiger partial charge >= 0.3 is 0 Å². The number of hydrogen-bond acceptors (Lipinski definition) is 4. The van der Waals surface area contributed by atoms with Gasteiger partial charge in [0.25, 0.3) is 0 Å². The summed E-state index contributed by atoms with van der Waals surface area (Å²) < 4.78 is 12.9. The van der Waals surface area contributed by atoms with Crippen LogP contribution >= 0.6 is 0 Å². The fourth-order valence-corrected chi connectivity index (χ4v) is 2.20. The van der Waals surface area contributed by atoms with Crippen molar-refractivity contribution in [3.05, 3.63) is 29.8 Å². The molecule has 1 aliphatic rings. The summed E-state index contributed by atoms with van der Waals surface area (Å²) in [7, 11) is 0. The summed E-state index contributed by atoms with van der Waals surface area (Å²) >= 11 is 0. The number of aromatic nitrogens is 1. The molecule has 2 rings (SSSR count). The largest absolute Gasteiger partial charge is 0.394 e. The zero-order valence-electron chi connectivity index (χ0n) is 9.99. The van der Waals surface area contributed by atoms with E-state index in [9.17, 15) is 9.50 Å². The summed E-state index contributed by atoms with van der Waals surface area (Å²) in [6.07, 6.45) is 1.20. The lowest BCUT2D eigenvalue weighted by atomic mass is 9.95. The maximum absolute atomic E-state index is 12.9. The predicted octanol–water partition coefficient (Wildman–Crippen LogP) is 0.333. The molecule has 1 aromatic rings. The molecule has 0 amide bonds. The molecule has 0 saturated carbocycles. The lowest BCUT2D eigenvalue weighted by Gasteiger charge is -2.42. The molecule has 2 heterocycles. The summed E-state index contributed by atoms with van der Waals surface area (Å²) in [6.45, 7) is 5.43. The minimum absolute atomic E-state index is 0.0222. The third-order valence-electron chi connectivity index (χ3n) is 3.40. The Hall–Kier alpha value is -1.04. The highest BCUT2D eigenvalue weighted by atomic mass is 19.1. The van der Waals surface area contributed by atoms with Crippen molar-refractivity contribution >= 4 is 0 Å². The second-order valence-corrected chi connectivity index (χ2v) is 4.53. The number of nitrogens with zero attached hydrogens (tertiary/aromatic N) is 2. The highest BCUT2D eigenvalue weighted by molar-refractivity contribution is 5.16. The highest BCUT2D eigenvalue weighted by Crippen LogP contribution is 2.26. The molecule has 0 spiro atoms. The van der Waals surface area contributed by atoms with Crippen LogP contribution < -0.4 is 5.32 Å². The molecule has 1 atom stereocenters. The summed E-state index contributed by atoms with van der Waals surface area (Å²) in [6, 6.07) is 3.03. The minimum atomic E-state index is -0.532. The maximum atomic E-state index is 12.9. The molecular formula is C12H18FN3O. The van der Waals surface area contributed by atoms with Crippen molar-refractivity contribution < 1.29 is 9.50 Å². The van der Waals surface area contributed by atoms with E-state index in [1.807, 2.05) is 6.92 Å². The van der Waals surface area contributed by atoms with Gasteiger partial charge < -0.3 is 10.4 Å². The number of rotatable bonds is 3. The van der Waals surface area contributed by atoms with E-state index in [4.69, 9.17) is 0 Å². The highest BCUT2D eigenvalue weighted by Gasteiger charge is 2.35. The van der Waals surface area contributed by atoms with Gasteiger partial charge in [0.2, 0.25) is 0 Å². The van der Waals surface area contributed by atoms with Crippen LogP contribution in [0.2, 0.25) is 0 Å². The molecule has 94 valence electrons. The van der Waals surface area contributed by atoms with E-state index in [1.54, 1.807) is 6.07 Å². The molecule has 17 heavy (non-hydrogen) atoms. The van der Waals surface area contributed by atoms with Gasteiger partial charge in [0.15, 0.2) is 0 Å². The van der Waals surface area contributed by atoms with E-state index >= 15 is 0 Å². The SMILES string of the molecule is CC(CO)(c1ccc(F)cn1)N1CCNCC1. The van der Waals surface area contributed by atoms with Crippen molar-refractivity contribution in [1.82, 2.24) is 15.2 Å². The molecular weight excluding hydrogens is 221 g/mol. The van der Waals surface area contributed by atoms with Crippen LogP contribution in [0.25, 0.3) is 0 Å². The van der Waals surface area contributed by atoms with Crippen molar-refractivity contribution in [2.45, 2.75) is 12.5 Å². The maximum Gasteiger partial charge on any atom is 0.141 e. The van der Waals surface area contributed by atoms with E-state index in [0.29, 0.717) is 5.69 Å². The van der Waals surface area contributed by atoms with Crippen molar-refractivity contribution in [3.8, 4) is 0 Å². The van der Waals surface area contributed by atoms with E-state index in [0.717, 1.165) is 26.2 Å². The van der Waals surface area contributed by atoms with Crippen LogP contribution in [0.15, 0.2) is 18.3 Å². The monoisotopic (exact) mass is 239 g/mol. The van der Waals surface area contributed by atoms with Crippen LogP contribution in [0, 0.1) is 5.82 Å². The number of piperazine rings is 1. The summed E-state index contributed by atoms with van der Waals surface area (Å²) in [5, 5.41) is 12.9. The number of hydrogen-bond donors (Lipinski definition) is 2. The van der Waals surface area contributed by atoms with Crippen molar-refractivity contribution in [3.63, 3.8) is 0 Å². The minimum Gasteiger partial charge on any atom is -0.394 e. The second kappa shape index (κ2) is 5.08. The first-order valence-corrected chi connectivity index (χ1v) is 5.85. The molecule has 0 bridgehead atoms. The first kappa shape index (κ1) is 12.4. The standard InChI is InChI=1S/C12H18FN3O/c1-12(9-17,16-6-4-14-5-7-16)11-3-2-10(13)8-15-11/h2-3,8,14,17H,4-7,9H2,1H3. The van der Waals surface area contributed by atoms with Gasteiger partial charge in [-0.1, -0.05) is 0 Å². The Kier molecular flexibility index (Phi) is 3.71. The van der Waals surface area contributed by atoms with Crippen LogP contribution in [0.1, 0.15) is 12.6 Å². The topological polar surface area (TPSA) is 48.4 Å². The molecule has 5 heteroatoms. The van der Waals surface area contributed by atoms with Gasteiger partial charge in [-0.05, 0) is 19.1 Å². The van der Waals surface area contributed by atoms with E-state index in [2.05, 4.69) is 15.2 Å². The first-order valence-electron chi connectivity index (χ1n) is 5.85. The summed E-state index contributed by atoms with van der Waals surface area (Å²) in [5.74, 6) is -0.352. The normalized spacial score (nSPS) is 21.1. The molecule has 1 aromatic heterocycles.